The van der Waals surface area contributed by atoms with Crippen LogP contribution >= 0.6 is 11.6 Å². The summed E-state index contributed by atoms with van der Waals surface area (Å²) in [5, 5.41) is 0.438. The lowest BCUT2D eigenvalue weighted by atomic mass is 9.77. The van der Waals surface area contributed by atoms with Crippen LogP contribution in [-0.2, 0) is 17.7 Å². The van der Waals surface area contributed by atoms with E-state index in [1.165, 1.54) is 6.07 Å². The monoisotopic (exact) mass is 347 g/mol. The van der Waals surface area contributed by atoms with E-state index in [0.29, 0.717) is 17.1 Å². The zero-order chi connectivity index (χ0) is 16.6. The Morgan fingerprint density at radius 3 is 2.83 bits per heavy atom. The van der Waals surface area contributed by atoms with Crippen molar-refractivity contribution < 1.29 is 9.13 Å². The topological polar surface area (TPSA) is 38.2 Å². The van der Waals surface area contributed by atoms with E-state index in [1.807, 2.05) is 12.4 Å². The molecule has 0 aliphatic carbocycles. The van der Waals surface area contributed by atoms with Gasteiger partial charge in [-0.25, -0.2) is 14.4 Å². The van der Waals surface area contributed by atoms with Crippen LogP contribution in [0.4, 0.5) is 4.39 Å². The minimum atomic E-state index is -0.229. The number of halogens is 2. The number of ether oxygens (including phenoxy) is 1. The maximum Gasteiger partial charge on any atom is 0.129 e. The number of benzene rings is 1. The van der Waals surface area contributed by atoms with Crippen LogP contribution in [0.5, 0.6) is 0 Å². The third-order valence-electron chi connectivity index (χ3n) is 4.89. The molecule has 0 bridgehead atoms. The van der Waals surface area contributed by atoms with Gasteiger partial charge in [0.05, 0.1) is 12.7 Å². The maximum absolute atomic E-state index is 13.9. The molecule has 2 aromatic rings. The number of aromatic nitrogens is 2. The SMILES string of the molecule is Fc1cc(Cl)ccc1CN1CC2(COC(Cc3cncnc3)C2)C1. The van der Waals surface area contributed by atoms with Crippen LogP contribution in [0.1, 0.15) is 17.5 Å². The average Bonchev–Trinajstić information content (AvgIpc) is 2.94. The summed E-state index contributed by atoms with van der Waals surface area (Å²) < 4.78 is 19.9. The summed E-state index contributed by atoms with van der Waals surface area (Å²) in [7, 11) is 0. The van der Waals surface area contributed by atoms with Crippen molar-refractivity contribution in [1.29, 1.82) is 0 Å². The summed E-state index contributed by atoms with van der Waals surface area (Å²) in [5.74, 6) is -0.229. The lowest BCUT2D eigenvalue weighted by Crippen LogP contribution is -2.56. The molecule has 2 fully saturated rings. The van der Waals surface area contributed by atoms with Gasteiger partial charge in [-0.3, -0.25) is 4.90 Å². The zero-order valence-corrected chi connectivity index (χ0v) is 14.0. The van der Waals surface area contributed by atoms with Crippen molar-refractivity contribution in [3.63, 3.8) is 0 Å². The molecule has 126 valence electrons. The second-order valence-electron chi connectivity index (χ2n) is 6.97. The molecule has 24 heavy (non-hydrogen) atoms. The van der Waals surface area contributed by atoms with E-state index >= 15 is 0 Å². The van der Waals surface area contributed by atoms with Gasteiger partial charge in [0.25, 0.3) is 0 Å². The Hall–Kier alpha value is -1.56. The smallest absolute Gasteiger partial charge is 0.129 e. The quantitative estimate of drug-likeness (QED) is 0.852. The summed E-state index contributed by atoms with van der Waals surface area (Å²) >= 11 is 5.80. The molecule has 2 aliphatic rings. The maximum atomic E-state index is 13.9. The Morgan fingerprint density at radius 1 is 1.29 bits per heavy atom. The van der Waals surface area contributed by atoms with E-state index in [0.717, 1.165) is 38.1 Å². The largest absolute Gasteiger partial charge is 0.377 e. The molecule has 0 saturated carbocycles. The first-order chi connectivity index (χ1) is 11.6. The Labute approximate surface area is 145 Å². The van der Waals surface area contributed by atoms with Gasteiger partial charge in [0, 0.05) is 54.4 Å². The van der Waals surface area contributed by atoms with Crippen molar-refractivity contribution in [2.45, 2.75) is 25.5 Å². The second-order valence-corrected chi connectivity index (χ2v) is 7.41. The van der Waals surface area contributed by atoms with E-state index in [-0.39, 0.29) is 17.3 Å². The summed E-state index contributed by atoms with van der Waals surface area (Å²) in [6, 6.07) is 4.89. The van der Waals surface area contributed by atoms with Gasteiger partial charge in [-0.15, -0.1) is 0 Å². The second kappa shape index (κ2) is 6.39. The first kappa shape index (κ1) is 15.9. The standard InChI is InChI=1S/C18H19ClFN3O/c19-15-2-1-14(17(20)4-15)8-23-9-18(10-23)5-16(24-11-18)3-13-6-21-12-22-7-13/h1-2,4,6-7,12,16H,3,5,8-11H2. The fourth-order valence-corrected chi connectivity index (χ4v) is 4.01. The normalized spacial score (nSPS) is 22.7. The molecule has 1 aromatic heterocycles. The van der Waals surface area contributed by atoms with Crippen LogP contribution in [0, 0.1) is 11.2 Å². The van der Waals surface area contributed by atoms with Gasteiger partial charge < -0.3 is 4.74 Å². The van der Waals surface area contributed by atoms with Gasteiger partial charge in [-0.05, 0) is 24.1 Å². The molecule has 4 rings (SSSR count). The molecule has 0 radical (unpaired) electrons. The number of rotatable bonds is 4. The van der Waals surface area contributed by atoms with Crippen molar-refractivity contribution in [3.05, 3.63) is 58.9 Å². The molecule has 1 unspecified atom stereocenters. The van der Waals surface area contributed by atoms with Gasteiger partial charge in [0.2, 0.25) is 0 Å². The van der Waals surface area contributed by atoms with Crippen LogP contribution < -0.4 is 0 Å². The van der Waals surface area contributed by atoms with Crippen LogP contribution in [0.25, 0.3) is 0 Å². The summed E-state index contributed by atoms with van der Waals surface area (Å²) in [6.07, 6.45) is 7.36. The minimum Gasteiger partial charge on any atom is -0.377 e. The first-order valence-corrected chi connectivity index (χ1v) is 8.51. The Morgan fingerprint density at radius 2 is 2.08 bits per heavy atom. The van der Waals surface area contributed by atoms with Gasteiger partial charge in [-0.2, -0.15) is 0 Å². The van der Waals surface area contributed by atoms with Gasteiger partial charge in [-0.1, -0.05) is 17.7 Å². The van der Waals surface area contributed by atoms with Gasteiger partial charge in [0.1, 0.15) is 12.1 Å². The number of likely N-dealkylation sites (tertiary alicyclic amines) is 1. The van der Waals surface area contributed by atoms with Crippen LogP contribution in [0.3, 0.4) is 0 Å². The Kier molecular flexibility index (Phi) is 4.24. The van der Waals surface area contributed by atoms with E-state index in [1.54, 1.807) is 18.5 Å². The van der Waals surface area contributed by atoms with E-state index in [2.05, 4.69) is 14.9 Å². The predicted octanol–water partition coefficient (Wildman–Crippen LogP) is 3.10. The van der Waals surface area contributed by atoms with Crippen molar-refractivity contribution in [3.8, 4) is 0 Å². The third kappa shape index (κ3) is 3.29. The summed E-state index contributed by atoms with van der Waals surface area (Å²) in [6.45, 7) is 3.32. The highest BCUT2D eigenvalue weighted by atomic mass is 35.5. The molecular formula is C18H19ClFN3O. The minimum absolute atomic E-state index is 0.225. The van der Waals surface area contributed by atoms with Gasteiger partial charge in [0.15, 0.2) is 0 Å². The van der Waals surface area contributed by atoms with Crippen molar-refractivity contribution >= 4 is 11.6 Å². The summed E-state index contributed by atoms with van der Waals surface area (Å²) in [4.78, 5) is 10.4. The molecule has 4 nitrogen and oxygen atoms in total. The predicted molar refractivity (Wildman–Crippen MR) is 89.2 cm³/mol. The molecule has 2 saturated heterocycles. The molecule has 3 heterocycles. The first-order valence-electron chi connectivity index (χ1n) is 8.14. The highest BCUT2D eigenvalue weighted by molar-refractivity contribution is 6.30. The van der Waals surface area contributed by atoms with Gasteiger partial charge >= 0.3 is 0 Å². The van der Waals surface area contributed by atoms with E-state index in [4.69, 9.17) is 16.3 Å². The van der Waals surface area contributed by atoms with Crippen molar-refractivity contribution in [2.75, 3.05) is 19.7 Å². The highest BCUT2D eigenvalue weighted by Crippen LogP contribution is 2.42. The molecule has 0 amide bonds. The number of hydrogen-bond acceptors (Lipinski definition) is 4. The van der Waals surface area contributed by atoms with Crippen LogP contribution in [0.2, 0.25) is 5.02 Å². The molecule has 0 N–H and O–H groups in total. The zero-order valence-electron chi connectivity index (χ0n) is 13.3. The molecule has 1 aromatic carbocycles. The average molecular weight is 348 g/mol. The van der Waals surface area contributed by atoms with Crippen LogP contribution in [-0.4, -0.2) is 40.7 Å². The highest BCUT2D eigenvalue weighted by Gasteiger charge is 2.48. The van der Waals surface area contributed by atoms with Crippen molar-refractivity contribution in [2.24, 2.45) is 5.41 Å². The fourth-order valence-electron chi connectivity index (χ4n) is 3.85. The Bertz CT molecular complexity index is 721. The van der Waals surface area contributed by atoms with Crippen LogP contribution in [0.15, 0.2) is 36.9 Å². The Balaban J connectivity index is 1.31. The molecule has 1 atom stereocenters. The number of hydrogen-bond donors (Lipinski definition) is 0. The lowest BCUT2D eigenvalue weighted by molar-refractivity contribution is -0.0146. The van der Waals surface area contributed by atoms with E-state index < -0.39 is 0 Å². The molecular weight excluding hydrogens is 329 g/mol. The molecule has 2 aliphatic heterocycles. The fraction of sp³-hybridized carbons (Fsp3) is 0.444. The van der Waals surface area contributed by atoms with E-state index in [9.17, 15) is 4.39 Å². The lowest BCUT2D eigenvalue weighted by Gasteiger charge is -2.47. The molecule has 6 heteroatoms. The third-order valence-corrected chi connectivity index (χ3v) is 5.13. The summed E-state index contributed by atoms with van der Waals surface area (Å²) in [5.41, 5.74) is 2.04. The van der Waals surface area contributed by atoms with Crippen molar-refractivity contribution in [1.82, 2.24) is 14.9 Å². The molecule has 1 spiro atoms. The number of nitrogens with zero attached hydrogens (tertiary/aromatic N) is 3.